The number of nitrogens with two attached hydrogens (primary N) is 1. The Morgan fingerprint density at radius 2 is 2.20 bits per heavy atom. The average molecular weight is 228 g/mol. The quantitative estimate of drug-likeness (QED) is 0.858. The summed E-state index contributed by atoms with van der Waals surface area (Å²) in [5, 5.41) is 0.601. The second-order valence-electron chi connectivity index (χ2n) is 3.99. The number of carbonyl (C=O) groups excluding carboxylic acids is 1. The van der Waals surface area contributed by atoms with E-state index in [1.807, 2.05) is 0 Å². The molecule has 3 nitrogen and oxygen atoms in total. The molecule has 0 aliphatic heterocycles. The number of primary amides is 1. The first-order chi connectivity index (χ1) is 6.92. The lowest BCUT2D eigenvalue weighted by Crippen LogP contribution is -2.36. The Labute approximate surface area is 94.2 Å². The van der Waals surface area contributed by atoms with Gasteiger partial charge < -0.3 is 10.5 Å². The summed E-state index contributed by atoms with van der Waals surface area (Å²) in [6.07, 6.45) is 0. The third kappa shape index (κ3) is 3.44. The number of carbonyl (C=O) groups is 1. The first kappa shape index (κ1) is 11.9. The molecule has 82 valence electrons. The van der Waals surface area contributed by atoms with Crippen molar-refractivity contribution in [3.63, 3.8) is 0 Å². The van der Waals surface area contributed by atoms with Crippen LogP contribution in [0.3, 0.4) is 0 Å². The molecule has 0 spiro atoms. The number of hydrogen-bond acceptors (Lipinski definition) is 2. The molecule has 0 saturated carbocycles. The highest BCUT2D eigenvalue weighted by Crippen LogP contribution is 2.20. The minimum absolute atomic E-state index is 0.239. The summed E-state index contributed by atoms with van der Waals surface area (Å²) in [6, 6.07) is 7.02. The van der Waals surface area contributed by atoms with Gasteiger partial charge in [-0.05, 0) is 32.0 Å². The summed E-state index contributed by atoms with van der Waals surface area (Å²) in [4.78, 5) is 11.0. The molecule has 0 heterocycles. The van der Waals surface area contributed by atoms with Crippen molar-refractivity contribution in [3.8, 4) is 5.75 Å². The van der Waals surface area contributed by atoms with Crippen LogP contribution < -0.4 is 10.5 Å². The highest BCUT2D eigenvalue weighted by atomic mass is 35.5. The third-order valence-electron chi connectivity index (χ3n) is 2.06. The van der Waals surface area contributed by atoms with Gasteiger partial charge in [-0.1, -0.05) is 17.7 Å². The van der Waals surface area contributed by atoms with Crippen LogP contribution in [0, 0.1) is 5.41 Å². The second-order valence-corrected chi connectivity index (χ2v) is 4.43. The summed E-state index contributed by atoms with van der Waals surface area (Å²) in [5.74, 6) is 0.251. The maximum atomic E-state index is 11.0. The third-order valence-corrected chi connectivity index (χ3v) is 2.30. The molecular weight excluding hydrogens is 214 g/mol. The molecule has 1 aromatic rings. The summed E-state index contributed by atoms with van der Waals surface area (Å²) >= 11 is 5.79. The molecule has 0 bridgehead atoms. The zero-order chi connectivity index (χ0) is 11.5. The van der Waals surface area contributed by atoms with Crippen LogP contribution in [0.5, 0.6) is 5.75 Å². The average Bonchev–Trinajstić information content (AvgIpc) is 2.15. The van der Waals surface area contributed by atoms with Crippen LogP contribution in [0.1, 0.15) is 13.8 Å². The fourth-order valence-electron chi connectivity index (χ4n) is 0.892. The lowest BCUT2D eigenvalue weighted by Gasteiger charge is -2.20. The van der Waals surface area contributed by atoms with Crippen molar-refractivity contribution < 1.29 is 9.53 Å². The fourth-order valence-corrected chi connectivity index (χ4v) is 1.07. The lowest BCUT2D eigenvalue weighted by atomic mass is 9.94. The largest absolute Gasteiger partial charge is 0.492 e. The summed E-state index contributed by atoms with van der Waals surface area (Å²) in [5.41, 5.74) is 4.54. The Bertz CT molecular complexity index is 363. The SMILES string of the molecule is CC(C)(COc1cccc(Cl)c1)C(N)=O. The first-order valence-electron chi connectivity index (χ1n) is 4.60. The molecule has 0 atom stereocenters. The molecular formula is C11H14ClNO2. The van der Waals surface area contributed by atoms with E-state index in [-0.39, 0.29) is 12.5 Å². The van der Waals surface area contributed by atoms with Crippen LogP contribution in [0.25, 0.3) is 0 Å². The van der Waals surface area contributed by atoms with Crippen LogP contribution in [-0.2, 0) is 4.79 Å². The molecule has 1 aromatic carbocycles. The number of rotatable bonds is 4. The summed E-state index contributed by atoms with van der Waals surface area (Å²) in [7, 11) is 0. The Morgan fingerprint density at radius 1 is 1.53 bits per heavy atom. The Balaban J connectivity index is 2.61. The monoisotopic (exact) mass is 227 g/mol. The van der Waals surface area contributed by atoms with Crippen LogP contribution in [0.4, 0.5) is 0 Å². The topological polar surface area (TPSA) is 52.3 Å². The van der Waals surface area contributed by atoms with Crippen molar-refractivity contribution in [1.29, 1.82) is 0 Å². The van der Waals surface area contributed by atoms with Gasteiger partial charge >= 0.3 is 0 Å². The summed E-state index contributed by atoms with van der Waals surface area (Å²) < 4.78 is 5.43. The van der Waals surface area contributed by atoms with Crippen molar-refractivity contribution in [3.05, 3.63) is 29.3 Å². The summed E-state index contributed by atoms with van der Waals surface area (Å²) in [6.45, 7) is 3.71. The number of benzene rings is 1. The molecule has 1 rings (SSSR count). The van der Waals surface area contributed by atoms with Gasteiger partial charge in [0.05, 0.1) is 5.41 Å². The van der Waals surface area contributed by atoms with Gasteiger partial charge in [0, 0.05) is 5.02 Å². The molecule has 15 heavy (non-hydrogen) atoms. The van der Waals surface area contributed by atoms with Crippen LogP contribution in [0.15, 0.2) is 24.3 Å². The second kappa shape index (κ2) is 4.53. The van der Waals surface area contributed by atoms with Gasteiger partial charge in [0.1, 0.15) is 12.4 Å². The van der Waals surface area contributed by atoms with E-state index in [9.17, 15) is 4.79 Å². The predicted molar refractivity (Wildman–Crippen MR) is 59.9 cm³/mol. The van der Waals surface area contributed by atoms with Gasteiger partial charge in [-0.25, -0.2) is 0 Å². The molecule has 2 N–H and O–H groups in total. The number of hydrogen-bond donors (Lipinski definition) is 1. The molecule has 0 aliphatic carbocycles. The van der Waals surface area contributed by atoms with Gasteiger partial charge in [-0.15, -0.1) is 0 Å². The van der Waals surface area contributed by atoms with E-state index in [0.717, 1.165) is 0 Å². The van der Waals surface area contributed by atoms with Crippen molar-refractivity contribution in [2.75, 3.05) is 6.61 Å². The molecule has 1 amide bonds. The van der Waals surface area contributed by atoms with Crippen LogP contribution >= 0.6 is 11.6 Å². The van der Waals surface area contributed by atoms with Crippen LogP contribution in [0.2, 0.25) is 5.02 Å². The smallest absolute Gasteiger partial charge is 0.226 e. The molecule has 0 fully saturated rings. The normalized spacial score (nSPS) is 11.1. The zero-order valence-electron chi connectivity index (χ0n) is 8.79. The predicted octanol–water partition coefficient (Wildman–Crippen LogP) is 2.23. The van der Waals surface area contributed by atoms with Crippen molar-refractivity contribution >= 4 is 17.5 Å². The van der Waals surface area contributed by atoms with Crippen molar-refractivity contribution in [2.24, 2.45) is 11.1 Å². The van der Waals surface area contributed by atoms with E-state index in [1.54, 1.807) is 38.1 Å². The lowest BCUT2D eigenvalue weighted by molar-refractivity contribution is -0.127. The van der Waals surface area contributed by atoms with Gasteiger partial charge in [0.25, 0.3) is 0 Å². The number of amides is 1. The Morgan fingerprint density at radius 3 is 2.73 bits per heavy atom. The Kier molecular flexibility index (Phi) is 3.58. The van der Waals surface area contributed by atoms with Gasteiger partial charge in [-0.3, -0.25) is 4.79 Å². The standard InChI is InChI=1S/C11H14ClNO2/c1-11(2,10(13)14)7-15-9-5-3-4-8(12)6-9/h3-6H,7H2,1-2H3,(H2,13,14). The van der Waals surface area contributed by atoms with E-state index >= 15 is 0 Å². The van der Waals surface area contributed by atoms with E-state index in [2.05, 4.69) is 0 Å². The van der Waals surface area contributed by atoms with Gasteiger partial charge in [0.15, 0.2) is 0 Å². The zero-order valence-corrected chi connectivity index (χ0v) is 9.54. The Hall–Kier alpha value is -1.22. The minimum atomic E-state index is -0.678. The van der Waals surface area contributed by atoms with E-state index < -0.39 is 5.41 Å². The van der Waals surface area contributed by atoms with E-state index in [0.29, 0.717) is 10.8 Å². The molecule has 0 aromatic heterocycles. The van der Waals surface area contributed by atoms with Crippen molar-refractivity contribution in [1.82, 2.24) is 0 Å². The molecule has 0 unspecified atom stereocenters. The maximum absolute atomic E-state index is 11.0. The minimum Gasteiger partial charge on any atom is -0.492 e. The van der Waals surface area contributed by atoms with E-state index in [1.165, 1.54) is 0 Å². The highest BCUT2D eigenvalue weighted by molar-refractivity contribution is 6.30. The highest BCUT2D eigenvalue weighted by Gasteiger charge is 2.25. The van der Waals surface area contributed by atoms with E-state index in [4.69, 9.17) is 22.1 Å². The van der Waals surface area contributed by atoms with Gasteiger partial charge in [-0.2, -0.15) is 0 Å². The maximum Gasteiger partial charge on any atom is 0.226 e. The first-order valence-corrected chi connectivity index (χ1v) is 4.98. The van der Waals surface area contributed by atoms with Gasteiger partial charge in [0.2, 0.25) is 5.91 Å². The molecule has 0 saturated heterocycles. The molecule has 0 aliphatic rings. The number of halogens is 1. The molecule has 4 heteroatoms. The molecule has 0 radical (unpaired) electrons. The van der Waals surface area contributed by atoms with Crippen LogP contribution in [-0.4, -0.2) is 12.5 Å². The van der Waals surface area contributed by atoms with Crippen molar-refractivity contribution in [2.45, 2.75) is 13.8 Å². The fraction of sp³-hybridized carbons (Fsp3) is 0.364. The number of ether oxygens (including phenoxy) is 1.